The summed E-state index contributed by atoms with van der Waals surface area (Å²) in [7, 11) is 0. The molecule has 1 aromatic carbocycles. The number of nitrogens with zero attached hydrogens (tertiary/aromatic N) is 2. The molecular weight excluding hydrogens is 330 g/mol. The molecule has 0 saturated heterocycles. The lowest BCUT2D eigenvalue weighted by Crippen LogP contribution is -2.28. The van der Waals surface area contributed by atoms with Crippen molar-refractivity contribution in [1.29, 1.82) is 0 Å². The van der Waals surface area contributed by atoms with Crippen LogP contribution in [0, 0.1) is 6.92 Å². The molecule has 0 aliphatic carbocycles. The highest BCUT2D eigenvalue weighted by molar-refractivity contribution is 7.17. The highest BCUT2D eigenvalue weighted by Crippen LogP contribution is 2.26. The molecule has 0 aliphatic rings. The van der Waals surface area contributed by atoms with Crippen molar-refractivity contribution in [1.82, 2.24) is 15.3 Å². The van der Waals surface area contributed by atoms with Crippen molar-refractivity contribution >= 4 is 17.2 Å². The normalized spacial score (nSPS) is 11.9. The van der Waals surface area contributed by atoms with Gasteiger partial charge in [-0.3, -0.25) is 9.78 Å². The maximum Gasteiger partial charge on any atom is 0.263 e. The van der Waals surface area contributed by atoms with Crippen LogP contribution in [0.2, 0.25) is 0 Å². The molecule has 0 spiro atoms. The second kappa shape index (κ2) is 8.03. The highest BCUT2D eigenvalue weighted by atomic mass is 32.1. The standard InChI is InChI=1S/C20H21N3OS/c1-3-15(16-9-5-4-6-10-16)13-22-19(24)18-14(2)23-20(25-18)17-11-7-8-12-21-17/h4-12,15H,3,13H2,1-2H3,(H,22,24)/t15-/m0/s1. The minimum atomic E-state index is -0.0634. The Bertz CT molecular complexity index is 831. The number of hydrogen-bond donors (Lipinski definition) is 1. The molecule has 0 saturated carbocycles. The molecule has 0 radical (unpaired) electrons. The van der Waals surface area contributed by atoms with E-state index >= 15 is 0 Å². The van der Waals surface area contributed by atoms with Gasteiger partial charge >= 0.3 is 0 Å². The Kier molecular flexibility index (Phi) is 5.56. The van der Waals surface area contributed by atoms with Gasteiger partial charge in [0.1, 0.15) is 9.88 Å². The fourth-order valence-corrected chi connectivity index (χ4v) is 3.68. The summed E-state index contributed by atoms with van der Waals surface area (Å²) < 4.78 is 0. The third-order valence-electron chi connectivity index (χ3n) is 4.16. The first-order valence-corrected chi connectivity index (χ1v) is 9.22. The van der Waals surface area contributed by atoms with Crippen molar-refractivity contribution in [3.8, 4) is 10.7 Å². The molecule has 1 amide bonds. The maximum atomic E-state index is 12.6. The van der Waals surface area contributed by atoms with Gasteiger partial charge in [-0.15, -0.1) is 11.3 Å². The van der Waals surface area contributed by atoms with Crippen LogP contribution in [0.15, 0.2) is 54.7 Å². The van der Waals surface area contributed by atoms with Gasteiger partial charge in [0.25, 0.3) is 5.91 Å². The lowest BCUT2D eigenvalue weighted by molar-refractivity contribution is 0.0954. The number of amides is 1. The lowest BCUT2D eigenvalue weighted by atomic mass is 9.96. The van der Waals surface area contributed by atoms with Gasteiger partial charge in [-0.05, 0) is 31.0 Å². The summed E-state index contributed by atoms with van der Waals surface area (Å²) in [6, 6.07) is 16.0. The average Bonchev–Trinajstić information content (AvgIpc) is 3.05. The van der Waals surface area contributed by atoms with Gasteiger partial charge in [0.15, 0.2) is 0 Å². The summed E-state index contributed by atoms with van der Waals surface area (Å²) in [5, 5.41) is 3.84. The van der Waals surface area contributed by atoms with Crippen LogP contribution in [-0.2, 0) is 0 Å². The topological polar surface area (TPSA) is 54.9 Å². The predicted molar refractivity (Wildman–Crippen MR) is 102 cm³/mol. The summed E-state index contributed by atoms with van der Waals surface area (Å²) in [4.78, 5) is 22.1. The van der Waals surface area contributed by atoms with Crippen LogP contribution in [0.25, 0.3) is 10.7 Å². The van der Waals surface area contributed by atoms with Gasteiger partial charge in [0, 0.05) is 18.7 Å². The number of aromatic nitrogens is 2. The van der Waals surface area contributed by atoms with Crippen molar-refractivity contribution < 1.29 is 4.79 Å². The highest BCUT2D eigenvalue weighted by Gasteiger charge is 2.18. The largest absolute Gasteiger partial charge is 0.351 e. The summed E-state index contributed by atoms with van der Waals surface area (Å²) in [6.07, 6.45) is 2.71. The number of rotatable bonds is 6. The third kappa shape index (κ3) is 4.12. The minimum Gasteiger partial charge on any atom is -0.351 e. The lowest BCUT2D eigenvalue weighted by Gasteiger charge is -2.16. The molecule has 3 rings (SSSR count). The number of pyridine rings is 1. The van der Waals surface area contributed by atoms with Crippen molar-refractivity contribution in [2.75, 3.05) is 6.54 Å². The van der Waals surface area contributed by atoms with Crippen LogP contribution in [0.5, 0.6) is 0 Å². The van der Waals surface area contributed by atoms with Crippen LogP contribution >= 0.6 is 11.3 Å². The van der Waals surface area contributed by atoms with Gasteiger partial charge in [-0.25, -0.2) is 4.98 Å². The molecule has 25 heavy (non-hydrogen) atoms. The Labute approximate surface area is 152 Å². The molecule has 2 aromatic heterocycles. The Morgan fingerprint density at radius 1 is 1.16 bits per heavy atom. The molecule has 0 aliphatic heterocycles. The Hall–Kier alpha value is -2.53. The summed E-state index contributed by atoms with van der Waals surface area (Å²) >= 11 is 1.39. The van der Waals surface area contributed by atoms with Gasteiger partial charge < -0.3 is 5.32 Å². The van der Waals surface area contributed by atoms with Crippen molar-refractivity contribution in [2.45, 2.75) is 26.2 Å². The fourth-order valence-electron chi connectivity index (χ4n) is 2.73. The Morgan fingerprint density at radius 2 is 1.92 bits per heavy atom. The maximum absolute atomic E-state index is 12.6. The average molecular weight is 351 g/mol. The molecule has 128 valence electrons. The molecule has 1 N–H and O–H groups in total. The Morgan fingerprint density at radius 3 is 2.60 bits per heavy atom. The Balaban J connectivity index is 1.70. The molecule has 5 heteroatoms. The molecule has 0 unspecified atom stereocenters. The number of nitrogens with one attached hydrogen (secondary N) is 1. The SMILES string of the molecule is CC[C@@H](CNC(=O)c1sc(-c2ccccn2)nc1C)c1ccccc1. The predicted octanol–water partition coefficient (Wildman–Crippen LogP) is 4.44. The van der Waals surface area contributed by atoms with E-state index in [4.69, 9.17) is 0 Å². The van der Waals surface area contributed by atoms with Gasteiger partial charge in [0.2, 0.25) is 0 Å². The van der Waals surface area contributed by atoms with Crippen molar-refractivity contribution in [3.63, 3.8) is 0 Å². The van der Waals surface area contributed by atoms with Gasteiger partial charge in [-0.2, -0.15) is 0 Å². The molecular formula is C20H21N3OS. The number of aryl methyl sites for hydroxylation is 1. The van der Waals surface area contributed by atoms with Crippen LogP contribution in [-0.4, -0.2) is 22.4 Å². The zero-order valence-corrected chi connectivity index (χ0v) is 15.2. The quantitative estimate of drug-likeness (QED) is 0.714. The third-order valence-corrected chi connectivity index (χ3v) is 5.34. The van der Waals surface area contributed by atoms with E-state index in [-0.39, 0.29) is 5.91 Å². The van der Waals surface area contributed by atoms with Crippen LogP contribution in [0.4, 0.5) is 0 Å². The molecule has 0 bridgehead atoms. The van der Waals surface area contributed by atoms with E-state index in [9.17, 15) is 4.79 Å². The number of benzene rings is 1. The van der Waals surface area contributed by atoms with Crippen molar-refractivity contribution in [2.24, 2.45) is 0 Å². The summed E-state index contributed by atoms with van der Waals surface area (Å²) in [6.45, 7) is 4.63. The summed E-state index contributed by atoms with van der Waals surface area (Å²) in [5.74, 6) is 0.250. The van der Waals surface area contributed by atoms with Crippen LogP contribution < -0.4 is 5.32 Å². The van der Waals surface area contributed by atoms with Gasteiger partial charge in [0.05, 0.1) is 11.4 Å². The second-order valence-corrected chi connectivity index (χ2v) is 6.87. The molecule has 3 aromatic rings. The number of thiazole rings is 1. The zero-order chi connectivity index (χ0) is 17.6. The molecule has 2 heterocycles. The van der Waals surface area contributed by atoms with Crippen molar-refractivity contribution in [3.05, 3.63) is 70.9 Å². The molecule has 4 nitrogen and oxygen atoms in total. The summed E-state index contributed by atoms with van der Waals surface area (Å²) in [5.41, 5.74) is 2.79. The fraction of sp³-hybridized carbons (Fsp3) is 0.250. The first kappa shape index (κ1) is 17.3. The van der Waals surface area contributed by atoms with E-state index in [2.05, 4.69) is 34.3 Å². The van der Waals surface area contributed by atoms with E-state index < -0.39 is 0 Å². The van der Waals surface area contributed by atoms with E-state index in [1.165, 1.54) is 16.9 Å². The first-order valence-electron chi connectivity index (χ1n) is 8.41. The molecule has 0 fully saturated rings. The van der Waals surface area contributed by atoms with E-state index in [0.29, 0.717) is 17.3 Å². The smallest absolute Gasteiger partial charge is 0.263 e. The number of carbonyl (C=O) groups is 1. The van der Waals surface area contributed by atoms with E-state index in [1.807, 2.05) is 43.3 Å². The van der Waals surface area contributed by atoms with Crippen LogP contribution in [0.3, 0.4) is 0 Å². The van der Waals surface area contributed by atoms with E-state index in [0.717, 1.165) is 22.8 Å². The number of hydrogen-bond acceptors (Lipinski definition) is 4. The second-order valence-electron chi connectivity index (χ2n) is 5.87. The monoisotopic (exact) mass is 351 g/mol. The zero-order valence-electron chi connectivity index (χ0n) is 14.4. The first-order chi connectivity index (χ1) is 12.2. The van der Waals surface area contributed by atoms with E-state index in [1.54, 1.807) is 6.20 Å². The minimum absolute atomic E-state index is 0.0634. The number of carbonyl (C=O) groups excluding carboxylic acids is 1. The van der Waals surface area contributed by atoms with Crippen LogP contribution in [0.1, 0.15) is 40.2 Å². The van der Waals surface area contributed by atoms with Gasteiger partial charge in [-0.1, -0.05) is 43.3 Å². The molecule has 1 atom stereocenters.